The van der Waals surface area contributed by atoms with E-state index in [0.717, 1.165) is 11.1 Å². The molecule has 27 heavy (non-hydrogen) atoms. The fourth-order valence-electron chi connectivity index (χ4n) is 2.26. The van der Waals surface area contributed by atoms with E-state index in [1.165, 1.54) is 0 Å². The molecule has 2 aromatic carbocycles. The monoisotopic (exact) mass is 534 g/mol. The van der Waals surface area contributed by atoms with Crippen molar-refractivity contribution >= 4 is 52.1 Å². The van der Waals surface area contributed by atoms with E-state index in [4.69, 9.17) is 51.2 Å². The molecule has 0 saturated carbocycles. The second-order valence-corrected chi connectivity index (χ2v) is 7.09. The van der Waals surface area contributed by atoms with Gasteiger partial charge in [-0.25, -0.2) is 4.98 Å². The summed E-state index contributed by atoms with van der Waals surface area (Å²) in [5.41, 5.74) is 2.14. The SMILES string of the molecule is Clc1ccc(CON=C(Cn2ccnc2)c2ccc(Cl)cc2Cl)c(Cl)c1.[Ag]. The molecule has 1 heterocycles. The van der Waals surface area contributed by atoms with Crippen LogP contribution in [0.2, 0.25) is 20.1 Å². The van der Waals surface area contributed by atoms with Crippen molar-refractivity contribution in [3.8, 4) is 0 Å². The van der Waals surface area contributed by atoms with Crippen LogP contribution in [0, 0.1) is 0 Å². The van der Waals surface area contributed by atoms with E-state index >= 15 is 0 Å². The van der Waals surface area contributed by atoms with Crippen LogP contribution in [0.5, 0.6) is 0 Å². The summed E-state index contributed by atoms with van der Waals surface area (Å²) in [5.74, 6) is 0. The normalized spacial score (nSPS) is 11.2. The van der Waals surface area contributed by atoms with Gasteiger partial charge in [-0.2, -0.15) is 0 Å². The first kappa shape index (κ1) is 22.3. The molecule has 0 atom stereocenters. The van der Waals surface area contributed by atoms with Crippen LogP contribution in [0.3, 0.4) is 0 Å². The zero-order valence-electron chi connectivity index (χ0n) is 13.7. The molecule has 0 amide bonds. The number of oxime groups is 1. The molecule has 0 aliphatic rings. The van der Waals surface area contributed by atoms with Crippen LogP contribution < -0.4 is 0 Å². The molecule has 9 heteroatoms. The van der Waals surface area contributed by atoms with Gasteiger partial charge in [0.25, 0.3) is 0 Å². The van der Waals surface area contributed by atoms with Gasteiger partial charge in [-0.15, -0.1) is 0 Å². The third kappa shape index (κ3) is 6.26. The van der Waals surface area contributed by atoms with Gasteiger partial charge in [0.05, 0.1) is 17.9 Å². The van der Waals surface area contributed by atoms with Crippen LogP contribution in [0.4, 0.5) is 0 Å². The number of imidazole rings is 1. The summed E-state index contributed by atoms with van der Waals surface area (Å²) in [4.78, 5) is 9.56. The number of nitrogens with zero attached hydrogens (tertiary/aromatic N) is 3. The molecular weight excluding hydrogens is 524 g/mol. The van der Waals surface area contributed by atoms with Gasteiger partial charge in [0.2, 0.25) is 0 Å². The Morgan fingerprint density at radius 2 is 1.70 bits per heavy atom. The molecule has 0 aliphatic carbocycles. The third-order valence-electron chi connectivity index (χ3n) is 3.54. The van der Waals surface area contributed by atoms with Gasteiger partial charge in [-0.05, 0) is 30.3 Å². The van der Waals surface area contributed by atoms with Crippen molar-refractivity contribution in [2.45, 2.75) is 13.2 Å². The molecule has 0 bridgehead atoms. The molecule has 145 valence electrons. The van der Waals surface area contributed by atoms with Gasteiger partial charge in [0.15, 0.2) is 0 Å². The van der Waals surface area contributed by atoms with Crippen LogP contribution in [0.15, 0.2) is 60.3 Å². The fraction of sp³-hybridized carbons (Fsp3) is 0.111. The molecule has 3 rings (SSSR count). The molecule has 0 fully saturated rings. The van der Waals surface area contributed by atoms with Crippen molar-refractivity contribution in [3.05, 3.63) is 86.3 Å². The first-order chi connectivity index (χ1) is 12.5. The Morgan fingerprint density at radius 1 is 1.00 bits per heavy atom. The molecule has 0 N–H and O–H groups in total. The van der Waals surface area contributed by atoms with Gasteiger partial charge in [0, 0.05) is 61.0 Å². The summed E-state index contributed by atoms with van der Waals surface area (Å²) in [5, 5.41) is 6.40. The summed E-state index contributed by atoms with van der Waals surface area (Å²) in [6.45, 7) is 0.643. The third-order valence-corrected chi connectivity index (χ3v) is 4.68. The molecule has 1 aromatic heterocycles. The molecule has 0 unspecified atom stereocenters. The first-order valence-corrected chi connectivity index (χ1v) is 9.08. The zero-order valence-corrected chi connectivity index (χ0v) is 18.2. The average molecular weight is 537 g/mol. The van der Waals surface area contributed by atoms with Gasteiger partial charge in [0.1, 0.15) is 12.3 Å². The minimum absolute atomic E-state index is 0. The Kier molecular flexibility index (Phi) is 8.70. The maximum atomic E-state index is 6.32. The topological polar surface area (TPSA) is 39.4 Å². The Bertz CT molecular complexity index is 932. The van der Waals surface area contributed by atoms with Crippen molar-refractivity contribution < 1.29 is 27.2 Å². The predicted octanol–water partition coefficient (Wildman–Crippen LogP) is 6.12. The number of hydrogen-bond acceptors (Lipinski definition) is 3. The first-order valence-electron chi connectivity index (χ1n) is 7.57. The molecule has 1 radical (unpaired) electrons. The largest absolute Gasteiger partial charge is 0.391 e. The van der Waals surface area contributed by atoms with Crippen LogP contribution in [0.25, 0.3) is 0 Å². The Balaban J connectivity index is 0.00000261. The van der Waals surface area contributed by atoms with E-state index < -0.39 is 0 Å². The summed E-state index contributed by atoms with van der Waals surface area (Å²) in [6.07, 6.45) is 5.21. The van der Waals surface area contributed by atoms with E-state index in [9.17, 15) is 0 Å². The van der Waals surface area contributed by atoms with Gasteiger partial charge in [-0.3, -0.25) is 0 Å². The molecule has 0 aliphatic heterocycles. The van der Waals surface area contributed by atoms with Crippen molar-refractivity contribution in [1.82, 2.24) is 9.55 Å². The van der Waals surface area contributed by atoms with Crippen molar-refractivity contribution in [2.75, 3.05) is 0 Å². The maximum Gasteiger partial charge on any atom is 0.143 e. The Labute approximate surface area is 192 Å². The van der Waals surface area contributed by atoms with Crippen LogP contribution in [0.1, 0.15) is 11.1 Å². The molecule has 0 saturated heterocycles. The second-order valence-electron chi connectivity index (χ2n) is 5.41. The smallest absolute Gasteiger partial charge is 0.143 e. The van der Waals surface area contributed by atoms with Gasteiger partial charge in [-0.1, -0.05) is 57.6 Å². The van der Waals surface area contributed by atoms with E-state index in [1.54, 1.807) is 48.9 Å². The predicted molar refractivity (Wildman–Crippen MR) is 106 cm³/mol. The van der Waals surface area contributed by atoms with E-state index in [2.05, 4.69) is 10.1 Å². The van der Waals surface area contributed by atoms with Crippen LogP contribution in [-0.4, -0.2) is 15.3 Å². The molecule has 0 spiro atoms. The van der Waals surface area contributed by atoms with Gasteiger partial charge < -0.3 is 9.40 Å². The summed E-state index contributed by atoms with van der Waals surface area (Å²) >= 11 is 24.4. The number of benzene rings is 2. The fourth-order valence-corrected chi connectivity index (χ4v) is 3.24. The van der Waals surface area contributed by atoms with E-state index in [1.807, 2.05) is 10.8 Å². The van der Waals surface area contributed by atoms with E-state index in [0.29, 0.717) is 32.3 Å². The molecular formula is C18H13AgCl4N3O. The van der Waals surface area contributed by atoms with Crippen LogP contribution >= 0.6 is 46.4 Å². The number of halogens is 4. The van der Waals surface area contributed by atoms with E-state index in [-0.39, 0.29) is 29.0 Å². The van der Waals surface area contributed by atoms with Crippen LogP contribution in [-0.2, 0) is 40.4 Å². The number of aromatic nitrogens is 2. The summed E-state index contributed by atoms with van der Waals surface area (Å²) in [7, 11) is 0. The summed E-state index contributed by atoms with van der Waals surface area (Å²) < 4.78 is 1.86. The molecule has 3 aromatic rings. The van der Waals surface area contributed by atoms with Crippen molar-refractivity contribution in [1.29, 1.82) is 0 Å². The maximum absolute atomic E-state index is 6.32. The minimum Gasteiger partial charge on any atom is -0.391 e. The van der Waals surface area contributed by atoms with Crippen molar-refractivity contribution in [2.24, 2.45) is 5.16 Å². The minimum atomic E-state index is 0. The average Bonchev–Trinajstić information content (AvgIpc) is 3.09. The van der Waals surface area contributed by atoms with Crippen molar-refractivity contribution in [3.63, 3.8) is 0 Å². The number of hydrogen-bond donors (Lipinski definition) is 0. The Morgan fingerprint density at radius 3 is 2.33 bits per heavy atom. The zero-order chi connectivity index (χ0) is 18.5. The number of rotatable bonds is 6. The van der Waals surface area contributed by atoms with Gasteiger partial charge >= 0.3 is 0 Å². The Hall–Kier alpha value is -0.980. The molecule has 4 nitrogen and oxygen atoms in total. The quantitative estimate of drug-likeness (QED) is 0.216. The summed E-state index contributed by atoms with van der Waals surface area (Å²) in [6, 6.07) is 10.4. The standard InChI is InChI=1S/C18H13Cl4N3O.Ag/c19-13-2-1-12(16(21)7-13)10-26-24-18(9-25-6-5-23-11-25)15-4-3-14(20)8-17(15)22;/h1-8,11H,9-10H2;. The second kappa shape index (κ2) is 10.5.